The van der Waals surface area contributed by atoms with Crippen LogP contribution in [0.3, 0.4) is 0 Å². The molecule has 12 heavy (non-hydrogen) atoms. The number of pyridine rings is 1. The van der Waals surface area contributed by atoms with Gasteiger partial charge < -0.3 is 4.84 Å². The van der Waals surface area contributed by atoms with Crippen molar-refractivity contribution in [3.05, 3.63) is 28.5 Å². The van der Waals surface area contributed by atoms with E-state index in [4.69, 9.17) is 4.84 Å². The van der Waals surface area contributed by atoms with Gasteiger partial charge in [-0.2, -0.15) is 5.06 Å². The van der Waals surface area contributed by atoms with Crippen LogP contribution in [0.5, 0.6) is 0 Å². The van der Waals surface area contributed by atoms with Crippen LogP contribution in [0.4, 0.5) is 0 Å². The van der Waals surface area contributed by atoms with Crippen molar-refractivity contribution in [3.63, 3.8) is 0 Å². The fourth-order valence-electron chi connectivity index (χ4n) is 0.863. The predicted molar refractivity (Wildman–Crippen MR) is 50.4 cm³/mol. The molecule has 0 radical (unpaired) electrons. The van der Waals surface area contributed by atoms with Gasteiger partial charge in [-0.15, -0.1) is 0 Å². The Bertz CT molecular complexity index is 255. The summed E-state index contributed by atoms with van der Waals surface area (Å²) < 4.78 is 0.851. The van der Waals surface area contributed by atoms with E-state index in [1.165, 1.54) is 5.56 Å². The third-order valence-electron chi connectivity index (χ3n) is 1.51. The Morgan fingerprint density at radius 2 is 2.42 bits per heavy atom. The van der Waals surface area contributed by atoms with Crippen LogP contribution < -0.4 is 0 Å². The first-order valence-electron chi connectivity index (χ1n) is 3.58. The van der Waals surface area contributed by atoms with Crippen molar-refractivity contribution >= 4 is 15.9 Å². The average molecular weight is 231 g/mol. The molecule has 1 aromatic rings. The van der Waals surface area contributed by atoms with Crippen LogP contribution in [-0.2, 0) is 11.4 Å². The second-order valence-electron chi connectivity index (χ2n) is 2.46. The Kier molecular flexibility index (Phi) is 3.65. The van der Waals surface area contributed by atoms with E-state index in [1.807, 2.05) is 19.2 Å². The fraction of sp³-hybridized carbons (Fsp3) is 0.375. The lowest BCUT2D eigenvalue weighted by atomic mass is 10.3. The average Bonchev–Trinajstić information content (AvgIpc) is 2.04. The Morgan fingerprint density at radius 1 is 1.67 bits per heavy atom. The Hall–Kier alpha value is -0.450. The fourth-order valence-corrected chi connectivity index (χ4v) is 1.27. The molecule has 4 heteroatoms. The molecule has 0 spiro atoms. The molecule has 0 amide bonds. The second kappa shape index (κ2) is 4.54. The van der Waals surface area contributed by atoms with E-state index in [1.54, 1.807) is 18.4 Å². The summed E-state index contributed by atoms with van der Waals surface area (Å²) in [5, 5.41) is 1.75. The van der Waals surface area contributed by atoms with Crippen molar-refractivity contribution in [2.24, 2.45) is 0 Å². The molecule has 1 aromatic heterocycles. The van der Waals surface area contributed by atoms with Gasteiger partial charge in [-0.05, 0) is 33.6 Å². The van der Waals surface area contributed by atoms with Crippen molar-refractivity contribution in [2.75, 3.05) is 14.2 Å². The summed E-state index contributed by atoms with van der Waals surface area (Å²) in [4.78, 5) is 9.02. The molecular formula is C8H11BrN2O. The minimum absolute atomic E-state index is 0.762. The zero-order valence-electron chi connectivity index (χ0n) is 7.12. The number of aromatic nitrogens is 1. The van der Waals surface area contributed by atoms with E-state index in [9.17, 15) is 0 Å². The number of hydrogen-bond acceptors (Lipinski definition) is 3. The lowest BCUT2D eigenvalue weighted by Crippen LogP contribution is -2.15. The quantitative estimate of drug-likeness (QED) is 0.586. The number of nitrogens with zero attached hydrogens (tertiary/aromatic N) is 2. The van der Waals surface area contributed by atoms with Gasteiger partial charge in [0.15, 0.2) is 0 Å². The highest BCUT2D eigenvalue weighted by Crippen LogP contribution is 2.09. The van der Waals surface area contributed by atoms with Crippen LogP contribution in [0.1, 0.15) is 5.56 Å². The van der Waals surface area contributed by atoms with E-state index >= 15 is 0 Å². The largest absolute Gasteiger partial charge is 0.302 e. The van der Waals surface area contributed by atoms with Gasteiger partial charge >= 0.3 is 0 Å². The standard InChI is InChI=1S/C8H11BrN2O/c1-11(12-2)6-7-3-4-10-8(9)5-7/h3-5H,6H2,1-2H3. The smallest absolute Gasteiger partial charge is 0.106 e. The SMILES string of the molecule is CON(C)Cc1ccnc(Br)c1. The minimum Gasteiger partial charge on any atom is -0.302 e. The summed E-state index contributed by atoms with van der Waals surface area (Å²) in [5.74, 6) is 0. The first kappa shape index (κ1) is 9.64. The van der Waals surface area contributed by atoms with Crippen LogP contribution in [0.2, 0.25) is 0 Å². The van der Waals surface area contributed by atoms with Crippen LogP contribution in [0.25, 0.3) is 0 Å². The van der Waals surface area contributed by atoms with Gasteiger partial charge in [0, 0.05) is 19.8 Å². The monoisotopic (exact) mass is 230 g/mol. The van der Waals surface area contributed by atoms with Crippen LogP contribution in [-0.4, -0.2) is 24.2 Å². The molecule has 0 atom stereocenters. The summed E-state index contributed by atoms with van der Waals surface area (Å²) >= 11 is 3.30. The maximum absolute atomic E-state index is 4.99. The third kappa shape index (κ3) is 2.89. The molecule has 0 aromatic carbocycles. The normalized spacial score (nSPS) is 10.7. The highest BCUT2D eigenvalue weighted by molar-refractivity contribution is 9.10. The lowest BCUT2D eigenvalue weighted by Gasteiger charge is -2.12. The van der Waals surface area contributed by atoms with E-state index in [2.05, 4.69) is 20.9 Å². The molecule has 0 saturated carbocycles. The number of hydroxylamine groups is 2. The summed E-state index contributed by atoms with van der Waals surface area (Å²) in [6, 6.07) is 3.93. The molecular weight excluding hydrogens is 220 g/mol. The van der Waals surface area contributed by atoms with Gasteiger partial charge in [0.25, 0.3) is 0 Å². The van der Waals surface area contributed by atoms with Gasteiger partial charge in [0.1, 0.15) is 4.60 Å². The second-order valence-corrected chi connectivity index (χ2v) is 3.27. The molecule has 0 saturated heterocycles. The molecule has 1 rings (SSSR count). The van der Waals surface area contributed by atoms with Crippen LogP contribution in [0, 0.1) is 0 Å². The number of hydrogen-bond donors (Lipinski definition) is 0. The molecule has 0 aliphatic rings. The first-order valence-corrected chi connectivity index (χ1v) is 4.37. The highest BCUT2D eigenvalue weighted by atomic mass is 79.9. The zero-order valence-corrected chi connectivity index (χ0v) is 8.71. The molecule has 0 aliphatic carbocycles. The summed E-state index contributed by atoms with van der Waals surface area (Å²) in [6.07, 6.45) is 1.77. The van der Waals surface area contributed by atoms with Crippen molar-refractivity contribution in [1.82, 2.24) is 10.0 Å². The third-order valence-corrected chi connectivity index (χ3v) is 1.94. The van der Waals surface area contributed by atoms with Crippen molar-refractivity contribution in [1.29, 1.82) is 0 Å². The molecule has 0 aliphatic heterocycles. The molecule has 3 nitrogen and oxygen atoms in total. The molecule has 0 fully saturated rings. The maximum Gasteiger partial charge on any atom is 0.106 e. The first-order chi connectivity index (χ1) is 5.72. The van der Waals surface area contributed by atoms with Crippen molar-refractivity contribution in [3.8, 4) is 0 Å². The Morgan fingerprint density at radius 3 is 3.00 bits per heavy atom. The van der Waals surface area contributed by atoms with Gasteiger partial charge in [-0.3, -0.25) is 0 Å². The molecule has 66 valence electrons. The summed E-state index contributed by atoms with van der Waals surface area (Å²) in [7, 11) is 3.53. The molecule has 1 heterocycles. The van der Waals surface area contributed by atoms with Crippen LogP contribution >= 0.6 is 15.9 Å². The van der Waals surface area contributed by atoms with Gasteiger partial charge in [-0.1, -0.05) is 0 Å². The van der Waals surface area contributed by atoms with Gasteiger partial charge in [-0.25, -0.2) is 4.98 Å². The van der Waals surface area contributed by atoms with Crippen molar-refractivity contribution < 1.29 is 4.84 Å². The number of halogens is 1. The zero-order chi connectivity index (χ0) is 8.97. The summed E-state index contributed by atoms with van der Waals surface area (Å²) in [5.41, 5.74) is 1.17. The minimum atomic E-state index is 0.762. The molecule has 0 unspecified atom stereocenters. The summed E-state index contributed by atoms with van der Waals surface area (Å²) in [6.45, 7) is 0.762. The van der Waals surface area contributed by atoms with E-state index in [-0.39, 0.29) is 0 Å². The molecule has 0 bridgehead atoms. The van der Waals surface area contributed by atoms with E-state index in [0.29, 0.717) is 0 Å². The predicted octanol–water partition coefficient (Wildman–Crippen LogP) is 1.84. The van der Waals surface area contributed by atoms with E-state index in [0.717, 1.165) is 11.1 Å². The van der Waals surface area contributed by atoms with Gasteiger partial charge in [0.05, 0.1) is 7.11 Å². The van der Waals surface area contributed by atoms with E-state index < -0.39 is 0 Å². The highest BCUT2D eigenvalue weighted by Gasteiger charge is 1.98. The molecule has 0 N–H and O–H groups in total. The maximum atomic E-state index is 4.99. The van der Waals surface area contributed by atoms with Crippen LogP contribution in [0.15, 0.2) is 22.9 Å². The number of rotatable bonds is 3. The Labute approximate surface area is 80.4 Å². The topological polar surface area (TPSA) is 25.4 Å². The lowest BCUT2D eigenvalue weighted by molar-refractivity contribution is -0.116. The van der Waals surface area contributed by atoms with Crippen molar-refractivity contribution in [2.45, 2.75) is 6.54 Å². The Balaban J connectivity index is 2.63. The van der Waals surface area contributed by atoms with Gasteiger partial charge in [0.2, 0.25) is 0 Å².